The van der Waals surface area contributed by atoms with Crippen molar-refractivity contribution in [3.05, 3.63) is 46.7 Å². The van der Waals surface area contributed by atoms with E-state index in [1.54, 1.807) is 18.5 Å². The van der Waals surface area contributed by atoms with E-state index in [2.05, 4.69) is 20.9 Å². The number of benzene rings is 1. The van der Waals surface area contributed by atoms with E-state index in [9.17, 15) is 0 Å². The Kier molecular flexibility index (Phi) is 3.10. The van der Waals surface area contributed by atoms with Crippen LogP contribution in [0.1, 0.15) is 5.56 Å². The average molecular weight is 279 g/mol. The number of aromatic nitrogens is 1. The van der Waals surface area contributed by atoms with Gasteiger partial charge in [-0.3, -0.25) is 4.98 Å². The molecule has 1 aromatic carbocycles. The zero-order chi connectivity index (χ0) is 11.5. The number of pyridine rings is 1. The minimum Gasteiger partial charge on any atom is -0.454 e. The molecule has 0 atom stereocenters. The van der Waals surface area contributed by atoms with Gasteiger partial charge >= 0.3 is 0 Å². The van der Waals surface area contributed by atoms with Crippen molar-refractivity contribution < 1.29 is 4.74 Å². The molecule has 2 rings (SSSR count). The molecule has 16 heavy (non-hydrogen) atoms. The molecule has 0 aliphatic heterocycles. The number of nitrogen functional groups attached to an aromatic ring is 1. The lowest BCUT2D eigenvalue weighted by Crippen LogP contribution is -1.95. The van der Waals surface area contributed by atoms with Gasteiger partial charge in [0.25, 0.3) is 0 Å². The topological polar surface area (TPSA) is 48.1 Å². The minimum atomic E-state index is 0.659. The number of nitrogens with two attached hydrogens (primary N) is 1. The van der Waals surface area contributed by atoms with Crippen LogP contribution in [0.4, 0.5) is 5.69 Å². The molecule has 0 saturated heterocycles. The summed E-state index contributed by atoms with van der Waals surface area (Å²) in [5, 5.41) is 0. The molecule has 0 fully saturated rings. The Bertz CT molecular complexity index is 514. The average Bonchev–Trinajstić information content (AvgIpc) is 2.28. The molecule has 0 bridgehead atoms. The van der Waals surface area contributed by atoms with E-state index in [1.165, 1.54) is 0 Å². The number of nitrogens with zero attached hydrogens (tertiary/aromatic N) is 1. The summed E-state index contributed by atoms with van der Waals surface area (Å²) in [4.78, 5) is 3.97. The van der Waals surface area contributed by atoms with Gasteiger partial charge in [-0.15, -0.1) is 0 Å². The molecule has 82 valence electrons. The number of hydrogen-bond acceptors (Lipinski definition) is 3. The van der Waals surface area contributed by atoms with Gasteiger partial charge in [-0.1, -0.05) is 12.1 Å². The Morgan fingerprint density at radius 1 is 1.25 bits per heavy atom. The van der Waals surface area contributed by atoms with E-state index in [0.29, 0.717) is 17.2 Å². The van der Waals surface area contributed by atoms with E-state index < -0.39 is 0 Å². The lowest BCUT2D eigenvalue weighted by atomic mass is 10.2. The zero-order valence-electron chi connectivity index (χ0n) is 8.77. The van der Waals surface area contributed by atoms with Crippen LogP contribution in [0.25, 0.3) is 0 Å². The Hall–Kier alpha value is -1.55. The lowest BCUT2D eigenvalue weighted by Gasteiger charge is -2.10. The van der Waals surface area contributed by atoms with Crippen molar-refractivity contribution in [2.45, 2.75) is 6.92 Å². The molecule has 0 amide bonds. The summed E-state index contributed by atoms with van der Waals surface area (Å²) in [6.07, 6.45) is 3.35. The maximum absolute atomic E-state index is 5.92. The number of aryl methyl sites for hydroxylation is 1. The predicted molar refractivity (Wildman–Crippen MR) is 67.6 cm³/mol. The highest BCUT2D eigenvalue weighted by atomic mass is 79.9. The van der Waals surface area contributed by atoms with Crippen LogP contribution in [0.15, 0.2) is 41.1 Å². The molecule has 0 spiro atoms. The minimum absolute atomic E-state index is 0.659. The number of hydrogen-bond donors (Lipinski definition) is 1. The summed E-state index contributed by atoms with van der Waals surface area (Å²) < 4.78 is 6.51. The third kappa shape index (κ3) is 2.17. The third-order valence-electron chi connectivity index (χ3n) is 2.24. The molecule has 0 aliphatic rings. The summed E-state index contributed by atoms with van der Waals surface area (Å²) in [7, 11) is 0. The normalized spacial score (nSPS) is 10.1. The van der Waals surface area contributed by atoms with Gasteiger partial charge in [-0.25, -0.2) is 0 Å². The number of halogens is 1. The van der Waals surface area contributed by atoms with Crippen LogP contribution in [0, 0.1) is 6.92 Å². The van der Waals surface area contributed by atoms with Crippen molar-refractivity contribution in [2.75, 3.05) is 5.73 Å². The van der Waals surface area contributed by atoms with E-state index >= 15 is 0 Å². The van der Waals surface area contributed by atoms with Crippen molar-refractivity contribution >= 4 is 21.6 Å². The van der Waals surface area contributed by atoms with Crippen LogP contribution in [0.5, 0.6) is 11.5 Å². The van der Waals surface area contributed by atoms with Gasteiger partial charge in [0, 0.05) is 18.5 Å². The maximum atomic E-state index is 5.92. The summed E-state index contributed by atoms with van der Waals surface area (Å²) in [6, 6.07) is 7.49. The second-order valence-electron chi connectivity index (χ2n) is 3.39. The summed E-state index contributed by atoms with van der Waals surface area (Å²) in [5.74, 6) is 1.36. The highest BCUT2D eigenvalue weighted by molar-refractivity contribution is 9.10. The first kappa shape index (κ1) is 11.0. The van der Waals surface area contributed by atoms with Crippen molar-refractivity contribution in [1.82, 2.24) is 4.98 Å². The van der Waals surface area contributed by atoms with Gasteiger partial charge in [-0.2, -0.15) is 0 Å². The van der Waals surface area contributed by atoms with E-state index in [4.69, 9.17) is 10.5 Å². The van der Waals surface area contributed by atoms with Gasteiger partial charge in [0.1, 0.15) is 5.75 Å². The van der Waals surface area contributed by atoms with E-state index in [1.807, 2.05) is 25.1 Å². The van der Waals surface area contributed by atoms with Gasteiger partial charge in [0.05, 0.1) is 10.2 Å². The molecular formula is C12H11BrN2O. The summed E-state index contributed by atoms with van der Waals surface area (Å²) in [6.45, 7) is 1.95. The molecule has 0 unspecified atom stereocenters. The first-order valence-corrected chi connectivity index (χ1v) is 5.60. The van der Waals surface area contributed by atoms with Crippen LogP contribution in [-0.4, -0.2) is 4.98 Å². The van der Waals surface area contributed by atoms with Crippen LogP contribution < -0.4 is 10.5 Å². The fourth-order valence-electron chi connectivity index (χ4n) is 1.31. The number of anilines is 1. The lowest BCUT2D eigenvalue weighted by molar-refractivity contribution is 0.481. The van der Waals surface area contributed by atoms with Crippen LogP contribution in [-0.2, 0) is 0 Å². The zero-order valence-corrected chi connectivity index (χ0v) is 10.4. The fourth-order valence-corrected chi connectivity index (χ4v) is 1.64. The Morgan fingerprint density at radius 2 is 2.06 bits per heavy atom. The highest BCUT2D eigenvalue weighted by Gasteiger charge is 2.06. The molecule has 0 aliphatic carbocycles. The molecule has 0 radical (unpaired) electrons. The van der Waals surface area contributed by atoms with Gasteiger partial charge in [-0.05, 0) is 34.5 Å². The first-order valence-electron chi connectivity index (χ1n) is 4.81. The molecule has 1 heterocycles. The first-order chi connectivity index (χ1) is 7.68. The molecule has 3 nitrogen and oxygen atoms in total. The fraction of sp³-hybridized carbons (Fsp3) is 0.0833. The largest absolute Gasteiger partial charge is 0.454 e. The summed E-state index contributed by atoms with van der Waals surface area (Å²) in [5.41, 5.74) is 7.59. The number of ether oxygens (including phenoxy) is 1. The predicted octanol–water partition coefficient (Wildman–Crippen LogP) is 3.53. The SMILES string of the molecule is Cc1cccc(Oc2ccncc2Br)c1N. The molecule has 4 heteroatoms. The van der Waals surface area contributed by atoms with Gasteiger partial charge in [0.2, 0.25) is 0 Å². The molecular weight excluding hydrogens is 268 g/mol. The summed E-state index contributed by atoms with van der Waals surface area (Å²) >= 11 is 3.37. The Morgan fingerprint density at radius 3 is 2.81 bits per heavy atom. The second-order valence-corrected chi connectivity index (χ2v) is 4.25. The maximum Gasteiger partial charge on any atom is 0.150 e. The van der Waals surface area contributed by atoms with Crippen molar-refractivity contribution in [2.24, 2.45) is 0 Å². The molecule has 0 saturated carbocycles. The standard InChI is InChI=1S/C12H11BrN2O/c1-8-3-2-4-11(12(8)14)16-10-5-6-15-7-9(10)13/h2-7H,14H2,1H3. The van der Waals surface area contributed by atoms with Crippen LogP contribution in [0.2, 0.25) is 0 Å². The Balaban J connectivity index is 2.35. The monoisotopic (exact) mass is 278 g/mol. The van der Waals surface area contributed by atoms with E-state index in [0.717, 1.165) is 10.0 Å². The number of para-hydroxylation sites is 1. The third-order valence-corrected chi connectivity index (χ3v) is 2.83. The second kappa shape index (κ2) is 4.53. The van der Waals surface area contributed by atoms with Crippen molar-refractivity contribution in [1.29, 1.82) is 0 Å². The van der Waals surface area contributed by atoms with E-state index in [-0.39, 0.29) is 0 Å². The highest BCUT2D eigenvalue weighted by Crippen LogP contribution is 2.32. The van der Waals surface area contributed by atoms with Crippen molar-refractivity contribution in [3.8, 4) is 11.5 Å². The Labute approximate surface area is 102 Å². The van der Waals surface area contributed by atoms with Gasteiger partial charge < -0.3 is 10.5 Å². The van der Waals surface area contributed by atoms with Crippen LogP contribution in [0.3, 0.4) is 0 Å². The van der Waals surface area contributed by atoms with Crippen LogP contribution >= 0.6 is 15.9 Å². The van der Waals surface area contributed by atoms with Crippen molar-refractivity contribution in [3.63, 3.8) is 0 Å². The quantitative estimate of drug-likeness (QED) is 0.855. The van der Waals surface area contributed by atoms with Gasteiger partial charge in [0.15, 0.2) is 5.75 Å². The number of rotatable bonds is 2. The molecule has 1 aromatic heterocycles. The molecule has 2 N–H and O–H groups in total. The smallest absolute Gasteiger partial charge is 0.150 e. The molecule has 2 aromatic rings.